The molecular formula is C24H31N3O3. The molecule has 0 bridgehead atoms. The molecule has 0 spiro atoms. The van der Waals surface area contributed by atoms with Crippen LogP contribution in [-0.4, -0.2) is 26.9 Å². The fraction of sp³-hybridized carbons (Fsp3) is 0.458. The lowest BCUT2D eigenvalue weighted by Gasteiger charge is -2.22. The minimum Gasteiger partial charge on any atom is -0.491 e. The normalized spacial score (nSPS) is 16.1. The topological polar surface area (TPSA) is 68.4 Å². The predicted octanol–water partition coefficient (Wildman–Crippen LogP) is 3.41. The van der Waals surface area contributed by atoms with Gasteiger partial charge in [-0.3, -0.25) is 9.13 Å². The standard InChI is InChI=1S/C24H31N3O3/c1-26-21-13-10-18(14-22(21)27(2)24(26)29)23(28)16-30-20-11-8-17(9-12-20)15-25-19-6-4-3-5-7-19/h8-14,19,23,25,28H,3-7,15-16H2,1-2H3. The van der Waals surface area contributed by atoms with E-state index in [1.165, 1.54) is 37.7 Å². The van der Waals surface area contributed by atoms with Gasteiger partial charge in [-0.15, -0.1) is 0 Å². The number of rotatable bonds is 7. The summed E-state index contributed by atoms with van der Waals surface area (Å²) in [6.07, 6.45) is 5.83. The third kappa shape index (κ3) is 4.45. The highest BCUT2D eigenvalue weighted by molar-refractivity contribution is 5.76. The minimum absolute atomic E-state index is 0.0778. The Morgan fingerprint density at radius 3 is 2.47 bits per heavy atom. The quantitative estimate of drug-likeness (QED) is 0.628. The van der Waals surface area contributed by atoms with E-state index in [1.54, 1.807) is 23.2 Å². The predicted molar refractivity (Wildman–Crippen MR) is 119 cm³/mol. The number of benzene rings is 2. The van der Waals surface area contributed by atoms with E-state index < -0.39 is 6.10 Å². The maximum Gasteiger partial charge on any atom is 0.328 e. The molecule has 0 amide bonds. The van der Waals surface area contributed by atoms with Crippen molar-refractivity contribution in [2.24, 2.45) is 14.1 Å². The molecule has 1 heterocycles. The number of imidazole rings is 1. The molecule has 160 valence electrons. The van der Waals surface area contributed by atoms with Gasteiger partial charge in [0.15, 0.2) is 0 Å². The summed E-state index contributed by atoms with van der Waals surface area (Å²) in [6.45, 7) is 1.04. The average molecular weight is 410 g/mol. The Hall–Kier alpha value is -2.57. The van der Waals surface area contributed by atoms with Crippen LogP contribution in [0.15, 0.2) is 47.3 Å². The molecule has 6 heteroatoms. The van der Waals surface area contributed by atoms with Gasteiger partial charge >= 0.3 is 5.69 Å². The molecule has 3 aromatic rings. The number of aliphatic hydroxyl groups is 1. The molecule has 0 radical (unpaired) electrons. The monoisotopic (exact) mass is 409 g/mol. The van der Waals surface area contributed by atoms with Crippen LogP contribution in [0.2, 0.25) is 0 Å². The van der Waals surface area contributed by atoms with Crippen molar-refractivity contribution < 1.29 is 9.84 Å². The van der Waals surface area contributed by atoms with E-state index in [0.717, 1.165) is 28.9 Å². The van der Waals surface area contributed by atoms with Crippen molar-refractivity contribution in [3.05, 3.63) is 64.1 Å². The first-order valence-corrected chi connectivity index (χ1v) is 10.8. The lowest BCUT2D eigenvalue weighted by Crippen LogP contribution is -2.30. The summed E-state index contributed by atoms with van der Waals surface area (Å²) >= 11 is 0. The van der Waals surface area contributed by atoms with Crippen molar-refractivity contribution in [3.63, 3.8) is 0 Å². The highest BCUT2D eigenvalue weighted by Crippen LogP contribution is 2.22. The third-order valence-corrected chi connectivity index (χ3v) is 6.21. The number of hydrogen-bond acceptors (Lipinski definition) is 4. The molecule has 2 N–H and O–H groups in total. The fourth-order valence-corrected chi connectivity index (χ4v) is 4.27. The third-order valence-electron chi connectivity index (χ3n) is 6.21. The SMILES string of the molecule is Cn1c(=O)n(C)c2cc(C(O)COc3ccc(CNC4CCCCC4)cc3)ccc21. The van der Waals surface area contributed by atoms with Gasteiger partial charge in [0, 0.05) is 26.7 Å². The Morgan fingerprint density at radius 1 is 1.03 bits per heavy atom. The van der Waals surface area contributed by atoms with Crippen molar-refractivity contribution in [2.75, 3.05) is 6.61 Å². The zero-order chi connectivity index (χ0) is 21.1. The maximum atomic E-state index is 12.1. The Kier molecular flexibility index (Phi) is 6.25. The highest BCUT2D eigenvalue weighted by atomic mass is 16.5. The maximum absolute atomic E-state index is 12.1. The van der Waals surface area contributed by atoms with Gasteiger partial charge in [-0.05, 0) is 48.2 Å². The molecular weight excluding hydrogens is 378 g/mol. The molecule has 0 saturated heterocycles. The summed E-state index contributed by atoms with van der Waals surface area (Å²) < 4.78 is 8.99. The van der Waals surface area contributed by atoms with Crippen molar-refractivity contribution in [2.45, 2.75) is 50.8 Å². The van der Waals surface area contributed by atoms with E-state index in [4.69, 9.17) is 4.74 Å². The van der Waals surface area contributed by atoms with Crippen molar-refractivity contribution in [1.29, 1.82) is 0 Å². The Labute approximate surface area is 177 Å². The summed E-state index contributed by atoms with van der Waals surface area (Å²) in [7, 11) is 3.49. The number of hydrogen-bond donors (Lipinski definition) is 2. The molecule has 2 aromatic carbocycles. The lowest BCUT2D eigenvalue weighted by molar-refractivity contribution is 0.108. The van der Waals surface area contributed by atoms with E-state index in [9.17, 15) is 9.90 Å². The smallest absolute Gasteiger partial charge is 0.328 e. The molecule has 1 aliphatic rings. The molecule has 1 aromatic heterocycles. The summed E-state index contributed by atoms with van der Waals surface area (Å²) in [5, 5.41) is 14.2. The van der Waals surface area contributed by atoms with Crippen molar-refractivity contribution in [1.82, 2.24) is 14.5 Å². The van der Waals surface area contributed by atoms with Crippen LogP contribution in [-0.2, 0) is 20.6 Å². The minimum atomic E-state index is -0.766. The van der Waals surface area contributed by atoms with Crippen LogP contribution in [0.4, 0.5) is 0 Å². The van der Waals surface area contributed by atoms with Crippen LogP contribution >= 0.6 is 0 Å². The van der Waals surface area contributed by atoms with Gasteiger partial charge in [-0.1, -0.05) is 37.5 Å². The second kappa shape index (κ2) is 9.06. The summed E-state index contributed by atoms with van der Waals surface area (Å²) in [4.78, 5) is 12.1. The number of aliphatic hydroxyl groups excluding tert-OH is 1. The van der Waals surface area contributed by atoms with Crippen LogP contribution in [0, 0.1) is 0 Å². The molecule has 6 nitrogen and oxygen atoms in total. The van der Waals surface area contributed by atoms with Crippen molar-refractivity contribution in [3.8, 4) is 5.75 Å². The molecule has 1 fully saturated rings. The zero-order valence-corrected chi connectivity index (χ0v) is 17.8. The zero-order valence-electron chi connectivity index (χ0n) is 17.8. The lowest BCUT2D eigenvalue weighted by atomic mass is 9.95. The summed E-state index contributed by atoms with van der Waals surface area (Å²) in [6, 6.07) is 14.3. The van der Waals surface area contributed by atoms with Gasteiger partial charge in [0.05, 0.1) is 11.0 Å². The van der Waals surface area contributed by atoms with Crippen LogP contribution < -0.4 is 15.7 Å². The van der Waals surface area contributed by atoms with E-state index in [2.05, 4.69) is 17.4 Å². The Balaban J connectivity index is 1.33. The average Bonchev–Trinajstić information content (AvgIpc) is 3.01. The summed E-state index contributed by atoms with van der Waals surface area (Å²) in [5.74, 6) is 0.739. The van der Waals surface area contributed by atoms with Gasteiger partial charge in [-0.2, -0.15) is 0 Å². The first-order valence-electron chi connectivity index (χ1n) is 10.8. The van der Waals surface area contributed by atoms with E-state index in [1.807, 2.05) is 30.3 Å². The number of aromatic nitrogens is 2. The molecule has 1 saturated carbocycles. The van der Waals surface area contributed by atoms with Gasteiger partial charge in [0.1, 0.15) is 18.5 Å². The highest BCUT2D eigenvalue weighted by Gasteiger charge is 2.14. The Bertz CT molecular complexity index is 1050. The molecule has 30 heavy (non-hydrogen) atoms. The van der Waals surface area contributed by atoms with E-state index >= 15 is 0 Å². The first-order chi connectivity index (χ1) is 14.5. The van der Waals surface area contributed by atoms with Gasteiger partial charge in [-0.25, -0.2) is 4.79 Å². The second-order valence-electron chi connectivity index (χ2n) is 8.34. The molecule has 1 aliphatic carbocycles. The number of nitrogens with one attached hydrogen (secondary N) is 1. The van der Waals surface area contributed by atoms with Crippen LogP contribution in [0.25, 0.3) is 11.0 Å². The number of aryl methyl sites for hydroxylation is 2. The molecule has 1 unspecified atom stereocenters. The Morgan fingerprint density at radius 2 is 1.73 bits per heavy atom. The van der Waals surface area contributed by atoms with Gasteiger partial charge in [0.25, 0.3) is 0 Å². The number of fused-ring (bicyclic) bond motifs is 1. The number of ether oxygens (including phenoxy) is 1. The van der Waals surface area contributed by atoms with Gasteiger partial charge in [0.2, 0.25) is 0 Å². The van der Waals surface area contributed by atoms with E-state index in [-0.39, 0.29) is 12.3 Å². The van der Waals surface area contributed by atoms with Crippen LogP contribution in [0.5, 0.6) is 5.75 Å². The van der Waals surface area contributed by atoms with Crippen LogP contribution in [0.3, 0.4) is 0 Å². The molecule has 1 atom stereocenters. The molecule has 0 aliphatic heterocycles. The van der Waals surface area contributed by atoms with Crippen molar-refractivity contribution >= 4 is 11.0 Å². The van der Waals surface area contributed by atoms with Gasteiger partial charge < -0.3 is 15.2 Å². The summed E-state index contributed by atoms with van der Waals surface area (Å²) in [5.41, 5.74) is 3.54. The first kappa shape index (κ1) is 20.7. The number of nitrogens with zero attached hydrogens (tertiary/aromatic N) is 2. The fourth-order valence-electron chi connectivity index (χ4n) is 4.27. The van der Waals surface area contributed by atoms with Crippen LogP contribution in [0.1, 0.15) is 49.3 Å². The molecule has 4 rings (SSSR count). The van der Waals surface area contributed by atoms with E-state index in [0.29, 0.717) is 6.04 Å². The second-order valence-corrected chi connectivity index (χ2v) is 8.34. The largest absolute Gasteiger partial charge is 0.491 e.